The van der Waals surface area contributed by atoms with Gasteiger partial charge in [0, 0.05) is 25.7 Å². The van der Waals surface area contributed by atoms with E-state index in [0.717, 1.165) is 24.3 Å². The molecule has 2 aromatic carbocycles. The summed E-state index contributed by atoms with van der Waals surface area (Å²) in [6.07, 6.45) is 0. The molecule has 0 atom stereocenters. The molecule has 0 spiro atoms. The maximum absolute atomic E-state index is 11.4. The van der Waals surface area contributed by atoms with E-state index in [2.05, 4.69) is 35.3 Å². The van der Waals surface area contributed by atoms with E-state index >= 15 is 0 Å². The third kappa shape index (κ3) is 4.94. The van der Waals surface area contributed by atoms with Gasteiger partial charge in [0.2, 0.25) is 5.91 Å². The van der Waals surface area contributed by atoms with Crippen molar-refractivity contribution in [2.45, 2.75) is 26.9 Å². The molecule has 0 bridgehead atoms. The lowest BCUT2D eigenvalue weighted by Gasteiger charge is -2.22. The second-order valence-corrected chi connectivity index (χ2v) is 5.45. The number of carbonyl (C=O) groups excluding carboxylic acids is 1. The Morgan fingerprint density at radius 2 is 1.91 bits per heavy atom. The predicted octanol–water partition coefficient (Wildman–Crippen LogP) is 3.54. The van der Waals surface area contributed by atoms with Crippen molar-refractivity contribution in [2.24, 2.45) is 0 Å². The number of amides is 1. The van der Waals surface area contributed by atoms with Gasteiger partial charge >= 0.3 is 0 Å². The molecule has 0 heterocycles. The van der Waals surface area contributed by atoms with E-state index in [1.165, 1.54) is 12.5 Å². The van der Waals surface area contributed by atoms with Crippen molar-refractivity contribution in [3.05, 3.63) is 65.2 Å². The summed E-state index contributed by atoms with van der Waals surface area (Å²) in [7, 11) is 0. The summed E-state index contributed by atoms with van der Waals surface area (Å²) >= 11 is 0. The van der Waals surface area contributed by atoms with Crippen LogP contribution in [-0.2, 0) is 17.9 Å². The van der Waals surface area contributed by atoms with Gasteiger partial charge in [-0.05, 0) is 35.9 Å². The number of nitrogens with one attached hydrogen (secondary N) is 1. The number of hydrogen-bond acceptors (Lipinski definition) is 3. The smallest absolute Gasteiger partial charge is 0.221 e. The summed E-state index contributed by atoms with van der Waals surface area (Å²) in [6.45, 7) is 5.98. The van der Waals surface area contributed by atoms with Crippen LogP contribution in [0.1, 0.15) is 30.5 Å². The van der Waals surface area contributed by atoms with Crippen molar-refractivity contribution in [3.63, 3.8) is 0 Å². The van der Waals surface area contributed by atoms with E-state index in [-0.39, 0.29) is 5.91 Å². The van der Waals surface area contributed by atoms with Crippen molar-refractivity contribution in [1.82, 2.24) is 4.90 Å². The summed E-state index contributed by atoms with van der Waals surface area (Å²) in [4.78, 5) is 13.7. The third-order valence-electron chi connectivity index (χ3n) is 3.64. The molecular weight excluding hydrogens is 286 g/mol. The maximum atomic E-state index is 11.4. The van der Waals surface area contributed by atoms with E-state index in [4.69, 9.17) is 5.26 Å². The van der Waals surface area contributed by atoms with E-state index < -0.39 is 0 Å². The topological polar surface area (TPSA) is 56.1 Å². The lowest BCUT2D eigenvalue weighted by molar-refractivity contribution is -0.114. The fourth-order valence-electron chi connectivity index (χ4n) is 2.47. The van der Waals surface area contributed by atoms with Crippen molar-refractivity contribution in [3.8, 4) is 6.07 Å². The largest absolute Gasteiger partial charge is 0.326 e. The molecule has 118 valence electrons. The zero-order valence-corrected chi connectivity index (χ0v) is 13.5. The van der Waals surface area contributed by atoms with E-state index in [1.807, 2.05) is 24.3 Å². The Morgan fingerprint density at radius 3 is 2.52 bits per heavy atom. The Balaban J connectivity index is 2.21. The molecule has 0 radical (unpaired) electrons. The fraction of sp³-hybridized carbons (Fsp3) is 0.263. The van der Waals surface area contributed by atoms with E-state index in [0.29, 0.717) is 12.1 Å². The second kappa shape index (κ2) is 8.11. The molecule has 0 saturated carbocycles. The molecule has 0 aliphatic carbocycles. The monoisotopic (exact) mass is 307 g/mol. The molecule has 0 aliphatic heterocycles. The molecule has 0 aromatic heterocycles. The quantitative estimate of drug-likeness (QED) is 0.888. The Labute approximate surface area is 137 Å². The zero-order chi connectivity index (χ0) is 16.7. The molecule has 2 aromatic rings. The number of carbonyl (C=O) groups is 1. The van der Waals surface area contributed by atoms with Crippen LogP contribution in [-0.4, -0.2) is 17.4 Å². The fourth-order valence-corrected chi connectivity index (χ4v) is 2.47. The van der Waals surface area contributed by atoms with Crippen molar-refractivity contribution in [1.29, 1.82) is 5.26 Å². The molecule has 1 N–H and O–H groups in total. The molecule has 23 heavy (non-hydrogen) atoms. The van der Waals surface area contributed by atoms with Gasteiger partial charge in [-0.1, -0.05) is 37.3 Å². The number of rotatable bonds is 6. The summed E-state index contributed by atoms with van der Waals surface area (Å²) in [5.74, 6) is -0.109. The van der Waals surface area contributed by atoms with Crippen molar-refractivity contribution >= 4 is 11.6 Å². The minimum Gasteiger partial charge on any atom is -0.326 e. The van der Waals surface area contributed by atoms with Crippen LogP contribution in [0.4, 0.5) is 5.69 Å². The highest BCUT2D eigenvalue weighted by molar-refractivity contribution is 5.89. The number of nitrogens with zero attached hydrogens (tertiary/aromatic N) is 2. The van der Waals surface area contributed by atoms with Gasteiger partial charge in [-0.3, -0.25) is 9.69 Å². The number of benzene rings is 2. The van der Waals surface area contributed by atoms with Crippen LogP contribution in [0.3, 0.4) is 0 Å². The molecule has 4 heteroatoms. The Bertz CT molecular complexity index is 704. The summed E-state index contributed by atoms with van der Waals surface area (Å²) in [6, 6.07) is 17.8. The summed E-state index contributed by atoms with van der Waals surface area (Å²) in [5.41, 5.74) is 3.57. The second-order valence-electron chi connectivity index (χ2n) is 5.45. The SMILES string of the molecule is CCN(Cc1ccccc1)Cc1cc(C#N)ccc1NC(C)=O. The molecule has 1 amide bonds. The first-order chi connectivity index (χ1) is 11.1. The highest BCUT2D eigenvalue weighted by atomic mass is 16.1. The first-order valence-corrected chi connectivity index (χ1v) is 7.69. The first kappa shape index (κ1) is 16.7. The van der Waals surface area contributed by atoms with Crippen LogP contribution in [0.15, 0.2) is 48.5 Å². The summed E-state index contributed by atoms with van der Waals surface area (Å²) in [5, 5.41) is 12.0. The van der Waals surface area contributed by atoms with Gasteiger partial charge in [0.25, 0.3) is 0 Å². The number of anilines is 1. The minimum atomic E-state index is -0.109. The minimum absolute atomic E-state index is 0.109. The molecule has 0 saturated heterocycles. The van der Waals surface area contributed by atoms with Crippen molar-refractivity contribution in [2.75, 3.05) is 11.9 Å². The number of hydrogen-bond donors (Lipinski definition) is 1. The first-order valence-electron chi connectivity index (χ1n) is 7.69. The van der Waals surface area contributed by atoms with E-state index in [1.54, 1.807) is 12.1 Å². The average molecular weight is 307 g/mol. The van der Waals surface area contributed by atoms with Crippen LogP contribution in [0.5, 0.6) is 0 Å². The predicted molar refractivity (Wildman–Crippen MR) is 91.7 cm³/mol. The van der Waals surface area contributed by atoms with Gasteiger partial charge in [-0.15, -0.1) is 0 Å². The van der Waals surface area contributed by atoms with Crippen molar-refractivity contribution < 1.29 is 4.79 Å². The van der Waals surface area contributed by atoms with Gasteiger partial charge < -0.3 is 5.32 Å². The standard InChI is InChI=1S/C19H21N3O/c1-3-22(13-16-7-5-4-6-8-16)14-18-11-17(12-20)9-10-19(18)21-15(2)23/h4-11H,3,13-14H2,1-2H3,(H,21,23). The van der Waals surface area contributed by atoms with Gasteiger partial charge in [-0.2, -0.15) is 5.26 Å². The lowest BCUT2D eigenvalue weighted by Crippen LogP contribution is -2.23. The Kier molecular flexibility index (Phi) is 5.90. The molecule has 2 rings (SSSR count). The van der Waals surface area contributed by atoms with Crippen LogP contribution < -0.4 is 5.32 Å². The Hall–Kier alpha value is -2.64. The van der Waals surface area contributed by atoms with Crippen LogP contribution in [0.2, 0.25) is 0 Å². The molecule has 4 nitrogen and oxygen atoms in total. The van der Waals surface area contributed by atoms with Gasteiger partial charge in [0.15, 0.2) is 0 Å². The zero-order valence-electron chi connectivity index (χ0n) is 13.5. The van der Waals surface area contributed by atoms with E-state index in [9.17, 15) is 4.79 Å². The van der Waals surface area contributed by atoms with Crippen LogP contribution >= 0.6 is 0 Å². The highest BCUT2D eigenvalue weighted by Gasteiger charge is 2.10. The molecule has 0 aliphatic rings. The van der Waals surface area contributed by atoms with Gasteiger partial charge in [-0.25, -0.2) is 0 Å². The normalized spacial score (nSPS) is 10.3. The van der Waals surface area contributed by atoms with Crippen LogP contribution in [0.25, 0.3) is 0 Å². The number of nitriles is 1. The Morgan fingerprint density at radius 1 is 1.17 bits per heavy atom. The summed E-state index contributed by atoms with van der Waals surface area (Å²) < 4.78 is 0. The molecule has 0 unspecified atom stereocenters. The van der Waals surface area contributed by atoms with Gasteiger partial charge in [0.05, 0.1) is 11.6 Å². The lowest BCUT2D eigenvalue weighted by atomic mass is 10.1. The average Bonchev–Trinajstić information content (AvgIpc) is 2.56. The molecular formula is C19H21N3O. The third-order valence-corrected chi connectivity index (χ3v) is 3.64. The maximum Gasteiger partial charge on any atom is 0.221 e. The van der Waals surface area contributed by atoms with Crippen LogP contribution in [0, 0.1) is 11.3 Å². The molecule has 0 fully saturated rings. The van der Waals surface area contributed by atoms with Gasteiger partial charge in [0.1, 0.15) is 0 Å². The highest BCUT2D eigenvalue weighted by Crippen LogP contribution is 2.20.